The lowest BCUT2D eigenvalue weighted by atomic mass is 10.3. The highest BCUT2D eigenvalue weighted by molar-refractivity contribution is 6.45. The molecule has 0 aromatic rings. The van der Waals surface area contributed by atoms with Crippen LogP contribution < -0.4 is 10.6 Å². The van der Waals surface area contributed by atoms with Gasteiger partial charge in [-0.15, -0.1) is 5.10 Å². The third kappa shape index (κ3) is 2.66. The maximum absolute atomic E-state index is 10.6. The fourth-order valence-corrected chi connectivity index (χ4v) is 0.634. The third-order valence-electron chi connectivity index (χ3n) is 1.19. The average molecular weight is 182 g/mol. The highest BCUT2D eigenvalue weighted by atomic mass is 16.2. The van der Waals surface area contributed by atoms with E-state index in [1.54, 1.807) is 6.21 Å². The number of hydrogen-bond donors (Lipinski definition) is 2. The zero-order chi connectivity index (χ0) is 9.84. The van der Waals surface area contributed by atoms with Gasteiger partial charge in [-0.3, -0.25) is 20.2 Å². The highest BCUT2D eigenvalue weighted by Gasteiger charge is 2.24. The van der Waals surface area contributed by atoms with Gasteiger partial charge in [-0.05, 0) is 5.92 Å². The smallest absolute Gasteiger partial charge is 0.286 e. The first kappa shape index (κ1) is 9.37. The average Bonchev–Trinajstić information content (AvgIpc) is 2.30. The number of rotatable bonds is 2. The molecule has 1 saturated heterocycles. The summed E-state index contributed by atoms with van der Waals surface area (Å²) >= 11 is 0. The molecule has 0 atom stereocenters. The van der Waals surface area contributed by atoms with Crippen molar-refractivity contribution in [2.75, 3.05) is 0 Å². The number of carbonyl (C=O) groups excluding carboxylic acids is 2. The summed E-state index contributed by atoms with van der Waals surface area (Å²) in [7, 11) is 0. The van der Waals surface area contributed by atoms with E-state index in [0.29, 0.717) is 0 Å². The standard InChI is InChI=1S/C7H10N4O2/c1-4(2)3-8-11-7-9-5(12)6(13)10-7/h3-4H,1-2H3,(H2,9,10,11,12,13)/b8-3+. The van der Waals surface area contributed by atoms with Gasteiger partial charge in [0, 0.05) is 6.21 Å². The molecule has 0 aliphatic carbocycles. The molecule has 1 rings (SSSR count). The van der Waals surface area contributed by atoms with Crippen LogP contribution in [0.3, 0.4) is 0 Å². The van der Waals surface area contributed by atoms with E-state index in [1.165, 1.54) is 0 Å². The molecule has 0 saturated carbocycles. The molecule has 1 aliphatic heterocycles. The lowest BCUT2D eigenvalue weighted by Gasteiger charge is -1.91. The minimum absolute atomic E-state index is 0.0758. The summed E-state index contributed by atoms with van der Waals surface area (Å²) in [5.74, 6) is -1.07. The van der Waals surface area contributed by atoms with Crippen LogP contribution in [0.2, 0.25) is 0 Å². The van der Waals surface area contributed by atoms with E-state index in [1.807, 2.05) is 13.8 Å². The van der Waals surface area contributed by atoms with Crippen molar-refractivity contribution in [2.45, 2.75) is 13.8 Å². The Kier molecular flexibility index (Phi) is 2.73. The van der Waals surface area contributed by atoms with E-state index < -0.39 is 11.8 Å². The summed E-state index contributed by atoms with van der Waals surface area (Å²) in [4.78, 5) is 21.3. The molecule has 1 aliphatic rings. The summed E-state index contributed by atoms with van der Waals surface area (Å²) in [6, 6.07) is 0. The summed E-state index contributed by atoms with van der Waals surface area (Å²) in [5.41, 5.74) is 0. The van der Waals surface area contributed by atoms with Gasteiger partial charge in [0.2, 0.25) is 5.96 Å². The summed E-state index contributed by atoms with van der Waals surface area (Å²) < 4.78 is 0. The van der Waals surface area contributed by atoms with E-state index >= 15 is 0 Å². The molecular formula is C7H10N4O2. The van der Waals surface area contributed by atoms with Crippen molar-refractivity contribution in [3.8, 4) is 0 Å². The Balaban J connectivity index is 2.55. The van der Waals surface area contributed by atoms with E-state index in [-0.39, 0.29) is 11.9 Å². The zero-order valence-corrected chi connectivity index (χ0v) is 7.37. The second-order valence-electron chi connectivity index (χ2n) is 2.87. The van der Waals surface area contributed by atoms with Gasteiger partial charge in [0.1, 0.15) is 0 Å². The molecule has 1 heterocycles. The molecule has 1 fully saturated rings. The molecule has 6 heteroatoms. The van der Waals surface area contributed by atoms with Crippen LogP contribution in [-0.2, 0) is 9.59 Å². The molecule has 0 unspecified atom stereocenters. The number of guanidine groups is 1. The number of carbonyl (C=O) groups is 2. The minimum atomic E-state index is -0.710. The van der Waals surface area contributed by atoms with Crippen LogP contribution in [0.15, 0.2) is 10.2 Å². The third-order valence-corrected chi connectivity index (χ3v) is 1.19. The Morgan fingerprint density at radius 2 is 1.77 bits per heavy atom. The van der Waals surface area contributed by atoms with Crippen molar-refractivity contribution in [1.82, 2.24) is 10.6 Å². The van der Waals surface area contributed by atoms with Crippen LogP contribution in [0, 0.1) is 5.92 Å². The molecular weight excluding hydrogens is 172 g/mol. The van der Waals surface area contributed by atoms with Gasteiger partial charge in [0.15, 0.2) is 0 Å². The Morgan fingerprint density at radius 3 is 2.23 bits per heavy atom. The first-order chi connectivity index (χ1) is 6.09. The Bertz CT molecular complexity index is 275. The molecule has 0 aromatic carbocycles. The number of nitrogens with one attached hydrogen (secondary N) is 2. The molecule has 2 N–H and O–H groups in total. The molecule has 0 radical (unpaired) electrons. The van der Waals surface area contributed by atoms with E-state index in [9.17, 15) is 9.59 Å². The summed E-state index contributed by atoms with van der Waals surface area (Å²) in [5, 5.41) is 11.7. The normalized spacial score (nSPS) is 16.7. The predicted molar refractivity (Wildman–Crippen MR) is 47.1 cm³/mol. The van der Waals surface area contributed by atoms with Crippen LogP contribution in [0.25, 0.3) is 0 Å². The zero-order valence-electron chi connectivity index (χ0n) is 7.37. The van der Waals surface area contributed by atoms with Gasteiger partial charge in [0.05, 0.1) is 0 Å². The van der Waals surface area contributed by atoms with Crippen molar-refractivity contribution in [3.05, 3.63) is 0 Å². The molecule has 0 spiro atoms. The largest absolute Gasteiger partial charge is 0.316 e. The lowest BCUT2D eigenvalue weighted by Crippen LogP contribution is -2.24. The van der Waals surface area contributed by atoms with Crippen molar-refractivity contribution in [2.24, 2.45) is 16.1 Å². The maximum atomic E-state index is 10.6. The number of nitrogens with zero attached hydrogens (tertiary/aromatic N) is 2. The Morgan fingerprint density at radius 1 is 1.23 bits per heavy atom. The molecule has 0 bridgehead atoms. The molecule has 2 amide bonds. The second kappa shape index (κ2) is 3.79. The van der Waals surface area contributed by atoms with Crippen molar-refractivity contribution in [1.29, 1.82) is 0 Å². The van der Waals surface area contributed by atoms with Gasteiger partial charge in [-0.25, -0.2) is 0 Å². The lowest BCUT2D eigenvalue weighted by molar-refractivity contribution is -0.135. The highest BCUT2D eigenvalue weighted by Crippen LogP contribution is 1.87. The maximum Gasteiger partial charge on any atom is 0.316 e. The van der Waals surface area contributed by atoms with E-state index in [2.05, 4.69) is 20.8 Å². The topological polar surface area (TPSA) is 82.9 Å². The molecule has 6 nitrogen and oxygen atoms in total. The second-order valence-corrected chi connectivity index (χ2v) is 2.87. The van der Waals surface area contributed by atoms with Crippen molar-refractivity contribution >= 4 is 24.0 Å². The van der Waals surface area contributed by atoms with Gasteiger partial charge >= 0.3 is 11.8 Å². The van der Waals surface area contributed by atoms with Crippen molar-refractivity contribution in [3.63, 3.8) is 0 Å². The quantitative estimate of drug-likeness (QED) is 0.334. The monoisotopic (exact) mass is 182 g/mol. The minimum Gasteiger partial charge on any atom is -0.286 e. The van der Waals surface area contributed by atoms with Gasteiger partial charge < -0.3 is 0 Å². The van der Waals surface area contributed by atoms with Crippen LogP contribution in [-0.4, -0.2) is 24.0 Å². The fraction of sp³-hybridized carbons (Fsp3) is 0.429. The van der Waals surface area contributed by atoms with E-state index in [4.69, 9.17) is 0 Å². The molecule has 13 heavy (non-hydrogen) atoms. The molecule has 70 valence electrons. The van der Waals surface area contributed by atoms with Crippen molar-refractivity contribution < 1.29 is 9.59 Å². The predicted octanol–water partition coefficient (Wildman–Crippen LogP) is -0.770. The Hall–Kier alpha value is -1.72. The van der Waals surface area contributed by atoms with Gasteiger partial charge in [0.25, 0.3) is 0 Å². The SMILES string of the molecule is CC(C)/C=N/N=C1NC(=O)C(=O)N1. The van der Waals surface area contributed by atoms with Crippen LogP contribution >= 0.6 is 0 Å². The van der Waals surface area contributed by atoms with Crippen LogP contribution in [0.5, 0.6) is 0 Å². The van der Waals surface area contributed by atoms with Gasteiger partial charge in [-0.2, -0.15) is 5.10 Å². The van der Waals surface area contributed by atoms with Crippen LogP contribution in [0.4, 0.5) is 0 Å². The first-order valence-electron chi connectivity index (χ1n) is 3.83. The number of amides is 2. The number of hydrogen-bond acceptors (Lipinski definition) is 4. The first-order valence-corrected chi connectivity index (χ1v) is 3.83. The summed E-state index contributed by atoms with van der Waals surface area (Å²) in [6.07, 6.45) is 1.60. The summed E-state index contributed by atoms with van der Waals surface area (Å²) in [6.45, 7) is 3.88. The van der Waals surface area contributed by atoms with E-state index in [0.717, 1.165) is 0 Å². The Labute approximate surface area is 75.1 Å². The van der Waals surface area contributed by atoms with Crippen LogP contribution in [0.1, 0.15) is 13.8 Å². The molecule has 0 aromatic heterocycles. The van der Waals surface area contributed by atoms with Gasteiger partial charge in [-0.1, -0.05) is 13.8 Å². The fourth-order valence-electron chi connectivity index (χ4n) is 0.634.